The van der Waals surface area contributed by atoms with E-state index in [-0.39, 0.29) is 18.4 Å². The first-order chi connectivity index (χ1) is 15.4. The normalized spacial score (nSPS) is 10.7. The molecule has 8 nitrogen and oxygen atoms in total. The number of para-hydroxylation sites is 1. The van der Waals surface area contributed by atoms with Gasteiger partial charge in [0, 0.05) is 24.9 Å². The van der Waals surface area contributed by atoms with Crippen LogP contribution in [0.3, 0.4) is 0 Å². The lowest BCUT2D eigenvalue weighted by molar-refractivity contribution is -0.116. The highest BCUT2D eigenvalue weighted by Gasteiger charge is 2.23. The zero-order valence-corrected chi connectivity index (χ0v) is 18.1. The summed E-state index contributed by atoms with van der Waals surface area (Å²) >= 11 is 0. The average Bonchev–Trinajstić information content (AvgIpc) is 3.40. The van der Waals surface area contributed by atoms with Crippen molar-refractivity contribution in [2.24, 2.45) is 0 Å². The zero-order valence-electron chi connectivity index (χ0n) is 18.1. The first-order valence-electron chi connectivity index (χ1n) is 10.1. The summed E-state index contributed by atoms with van der Waals surface area (Å²) in [5, 5.41) is 11.1. The molecule has 2 heterocycles. The molecule has 0 atom stereocenters. The monoisotopic (exact) mass is 429 g/mol. The van der Waals surface area contributed by atoms with E-state index in [0.717, 1.165) is 16.8 Å². The molecule has 0 unspecified atom stereocenters. The van der Waals surface area contributed by atoms with Gasteiger partial charge in [-0.3, -0.25) is 9.59 Å². The second kappa shape index (κ2) is 8.89. The molecule has 0 spiro atoms. The minimum absolute atomic E-state index is 0.144. The largest absolute Gasteiger partial charge is 0.360 e. The van der Waals surface area contributed by atoms with Crippen molar-refractivity contribution in [1.82, 2.24) is 19.8 Å². The lowest BCUT2D eigenvalue weighted by atomic mass is 10.1. The Morgan fingerprint density at radius 3 is 2.53 bits per heavy atom. The van der Waals surface area contributed by atoms with Crippen LogP contribution >= 0.6 is 0 Å². The molecule has 0 saturated carbocycles. The maximum absolute atomic E-state index is 13.3. The van der Waals surface area contributed by atoms with E-state index < -0.39 is 0 Å². The van der Waals surface area contributed by atoms with E-state index in [0.29, 0.717) is 22.8 Å². The van der Waals surface area contributed by atoms with E-state index in [2.05, 4.69) is 10.5 Å². The summed E-state index contributed by atoms with van der Waals surface area (Å²) in [7, 11) is 1.58. The number of amides is 2. The van der Waals surface area contributed by atoms with Gasteiger partial charge in [-0.15, -0.1) is 0 Å². The van der Waals surface area contributed by atoms with Crippen LogP contribution in [0.25, 0.3) is 16.9 Å². The first kappa shape index (κ1) is 21.0. The fourth-order valence-electron chi connectivity index (χ4n) is 3.35. The number of carbonyl (C=O) groups is 2. The summed E-state index contributed by atoms with van der Waals surface area (Å²) in [5.74, 6) is 0.212. The third kappa shape index (κ3) is 4.59. The minimum Gasteiger partial charge on any atom is -0.360 e. The van der Waals surface area contributed by atoms with Gasteiger partial charge in [-0.25, -0.2) is 4.68 Å². The molecule has 2 aromatic carbocycles. The second-order valence-electron chi connectivity index (χ2n) is 7.57. The fraction of sp³-hybridized carbons (Fsp3) is 0.167. The zero-order chi connectivity index (χ0) is 22.7. The quantitative estimate of drug-likeness (QED) is 0.502. The van der Waals surface area contributed by atoms with Crippen molar-refractivity contribution in [3.63, 3.8) is 0 Å². The smallest absolute Gasteiger partial charge is 0.257 e. The lowest BCUT2D eigenvalue weighted by Gasteiger charge is -2.16. The van der Waals surface area contributed by atoms with Crippen LogP contribution in [-0.4, -0.2) is 45.2 Å². The van der Waals surface area contributed by atoms with Gasteiger partial charge in [0.15, 0.2) is 5.82 Å². The molecule has 162 valence electrons. The summed E-state index contributed by atoms with van der Waals surface area (Å²) in [5.41, 5.74) is 3.70. The van der Waals surface area contributed by atoms with Crippen molar-refractivity contribution in [1.29, 1.82) is 0 Å². The maximum atomic E-state index is 13.3. The van der Waals surface area contributed by atoms with Gasteiger partial charge >= 0.3 is 0 Å². The van der Waals surface area contributed by atoms with Crippen molar-refractivity contribution in [3.8, 4) is 16.9 Å². The highest BCUT2D eigenvalue weighted by Crippen LogP contribution is 2.25. The molecule has 2 amide bonds. The Morgan fingerprint density at radius 2 is 1.84 bits per heavy atom. The number of benzene rings is 2. The summed E-state index contributed by atoms with van der Waals surface area (Å²) in [6.07, 6.45) is 1.70. The Morgan fingerprint density at radius 1 is 1.06 bits per heavy atom. The molecule has 0 radical (unpaired) electrons. The van der Waals surface area contributed by atoms with Gasteiger partial charge in [-0.05, 0) is 32.0 Å². The van der Waals surface area contributed by atoms with Crippen molar-refractivity contribution in [2.45, 2.75) is 13.8 Å². The van der Waals surface area contributed by atoms with Gasteiger partial charge in [0.25, 0.3) is 5.91 Å². The molecule has 2 aromatic heterocycles. The number of hydrogen-bond donors (Lipinski definition) is 1. The fourth-order valence-corrected chi connectivity index (χ4v) is 3.35. The SMILES string of the molecule is Cc1cccc(-c2nn(-c3ccccc3)cc2C(=O)N(C)CC(=O)Nc2cc(C)on2)c1. The standard InChI is InChI=1S/C24H23N5O3/c1-16-8-7-9-18(12-16)23-20(14-29(26-23)19-10-5-4-6-11-19)24(31)28(3)15-22(30)25-21-13-17(2)32-27-21/h4-14H,15H2,1-3H3,(H,25,27,30). The number of hydrogen-bond acceptors (Lipinski definition) is 5. The van der Waals surface area contributed by atoms with Gasteiger partial charge in [0.1, 0.15) is 11.5 Å². The number of anilines is 1. The third-order valence-corrected chi connectivity index (χ3v) is 4.88. The maximum Gasteiger partial charge on any atom is 0.257 e. The molecule has 32 heavy (non-hydrogen) atoms. The van der Waals surface area contributed by atoms with Crippen LogP contribution in [0, 0.1) is 13.8 Å². The molecule has 0 bridgehead atoms. The Kier molecular flexibility index (Phi) is 5.85. The number of aromatic nitrogens is 3. The van der Waals surface area contributed by atoms with Gasteiger partial charge in [-0.2, -0.15) is 5.10 Å². The third-order valence-electron chi connectivity index (χ3n) is 4.88. The van der Waals surface area contributed by atoms with E-state index in [4.69, 9.17) is 9.62 Å². The molecule has 0 aliphatic rings. The van der Waals surface area contributed by atoms with Crippen LogP contribution < -0.4 is 5.32 Å². The summed E-state index contributed by atoms with van der Waals surface area (Å²) in [6.45, 7) is 3.57. The van der Waals surface area contributed by atoms with Crippen LogP contribution in [-0.2, 0) is 4.79 Å². The van der Waals surface area contributed by atoms with Crippen molar-refractivity contribution in [2.75, 3.05) is 18.9 Å². The molecule has 0 saturated heterocycles. The number of likely N-dealkylation sites (N-methyl/N-ethyl adjacent to an activating group) is 1. The molecule has 1 N–H and O–H groups in total. The van der Waals surface area contributed by atoms with Crippen LogP contribution in [0.5, 0.6) is 0 Å². The van der Waals surface area contributed by atoms with E-state index in [1.54, 1.807) is 30.9 Å². The van der Waals surface area contributed by atoms with E-state index in [1.165, 1.54) is 4.90 Å². The Bertz CT molecular complexity index is 1260. The second-order valence-corrected chi connectivity index (χ2v) is 7.57. The van der Waals surface area contributed by atoms with Crippen LogP contribution in [0.2, 0.25) is 0 Å². The van der Waals surface area contributed by atoms with Crippen LogP contribution in [0.1, 0.15) is 21.7 Å². The molecular formula is C24H23N5O3. The molecular weight excluding hydrogens is 406 g/mol. The molecule has 8 heteroatoms. The highest BCUT2D eigenvalue weighted by atomic mass is 16.5. The van der Waals surface area contributed by atoms with Crippen molar-refractivity contribution in [3.05, 3.63) is 83.7 Å². The number of carbonyl (C=O) groups excluding carboxylic acids is 2. The van der Waals surface area contributed by atoms with Crippen molar-refractivity contribution >= 4 is 17.6 Å². The first-order valence-corrected chi connectivity index (χ1v) is 10.1. The summed E-state index contributed by atoms with van der Waals surface area (Å²) in [6, 6.07) is 19.0. The van der Waals surface area contributed by atoms with Crippen LogP contribution in [0.4, 0.5) is 5.82 Å². The minimum atomic E-state index is -0.373. The van der Waals surface area contributed by atoms with Crippen LogP contribution in [0.15, 0.2) is 71.4 Å². The Balaban J connectivity index is 1.62. The van der Waals surface area contributed by atoms with Gasteiger partial charge < -0.3 is 14.7 Å². The number of nitrogens with one attached hydrogen (secondary N) is 1. The lowest BCUT2D eigenvalue weighted by Crippen LogP contribution is -2.35. The van der Waals surface area contributed by atoms with E-state index in [1.807, 2.05) is 61.5 Å². The number of aryl methyl sites for hydroxylation is 2. The Hall–Kier alpha value is -4.20. The average molecular weight is 429 g/mol. The summed E-state index contributed by atoms with van der Waals surface area (Å²) in [4.78, 5) is 27.1. The molecule has 0 aliphatic carbocycles. The predicted molar refractivity (Wildman–Crippen MR) is 121 cm³/mol. The molecule has 0 fully saturated rings. The Labute approximate surface area is 185 Å². The van der Waals surface area contributed by atoms with E-state index >= 15 is 0 Å². The summed E-state index contributed by atoms with van der Waals surface area (Å²) < 4.78 is 6.63. The number of nitrogens with zero attached hydrogens (tertiary/aromatic N) is 4. The topological polar surface area (TPSA) is 93.3 Å². The van der Waals surface area contributed by atoms with Gasteiger partial charge in [0.05, 0.1) is 17.8 Å². The van der Waals surface area contributed by atoms with E-state index in [9.17, 15) is 9.59 Å². The molecule has 0 aliphatic heterocycles. The number of rotatable bonds is 6. The molecule has 4 rings (SSSR count). The highest BCUT2D eigenvalue weighted by molar-refractivity contribution is 6.02. The van der Waals surface area contributed by atoms with Crippen molar-refractivity contribution < 1.29 is 14.1 Å². The molecule has 4 aromatic rings. The predicted octanol–water partition coefficient (Wildman–Crippen LogP) is 3.85. The van der Waals surface area contributed by atoms with Gasteiger partial charge in [0.2, 0.25) is 5.91 Å². The van der Waals surface area contributed by atoms with Gasteiger partial charge in [-0.1, -0.05) is 47.1 Å².